The highest BCUT2D eigenvalue weighted by Crippen LogP contribution is 2.30. The highest BCUT2D eigenvalue weighted by Gasteiger charge is 2.48. The number of carbonyl (C=O) groups is 1. The number of nitrogens with zero attached hydrogens (tertiary/aromatic N) is 2. The molecule has 1 saturated heterocycles. The maximum atomic E-state index is 12.8. The van der Waals surface area contributed by atoms with Gasteiger partial charge in [0.1, 0.15) is 0 Å². The van der Waals surface area contributed by atoms with Gasteiger partial charge in [0.15, 0.2) is 19.7 Å². The van der Waals surface area contributed by atoms with Crippen molar-refractivity contribution in [3.8, 4) is 0 Å². The lowest BCUT2D eigenvalue weighted by atomic mass is 9.95. The van der Waals surface area contributed by atoms with E-state index in [1.807, 2.05) is 29.9 Å². The van der Waals surface area contributed by atoms with E-state index in [1.165, 1.54) is 11.8 Å². The predicted molar refractivity (Wildman–Crippen MR) is 109 cm³/mol. The van der Waals surface area contributed by atoms with Crippen LogP contribution >= 0.6 is 24.2 Å². The van der Waals surface area contributed by atoms with Crippen LogP contribution in [0.15, 0.2) is 46.7 Å². The molecule has 1 amide bonds. The van der Waals surface area contributed by atoms with Crippen molar-refractivity contribution in [2.24, 2.45) is 7.05 Å². The summed E-state index contributed by atoms with van der Waals surface area (Å²) in [6.45, 7) is 1.03. The molecular formula is C17H23ClN4O3S2. The Morgan fingerprint density at radius 2 is 1.89 bits per heavy atom. The number of piperidine rings is 1. The molecule has 0 saturated carbocycles. The molecule has 7 nitrogen and oxygen atoms in total. The predicted octanol–water partition coefficient (Wildman–Crippen LogP) is 2.10. The van der Waals surface area contributed by atoms with E-state index in [-0.39, 0.29) is 25.2 Å². The highest BCUT2D eigenvalue weighted by atomic mass is 35.5. The maximum Gasteiger partial charge on any atom is 0.245 e. The number of imidazole rings is 1. The molecule has 3 rings (SSSR count). The van der Waals surface area contributed by atoms with Crippen molar-refractivity contribution in [1.82, 2.24) is 14.9 Å². The van der Waals surface area contributed by atoms with Gasteiger partial charge >= 0.3 is 0 Å². The Kier molecular flexibility index (Phi) is 6.96. The fourth-order valence-electron chi connectivity index (χ4n) is 3.00. The third-order valence-electron chi connectivity index (χ3n) is 4.63. The second kappa shape index (κ2) is 8.64. The summed E-state index contributed by atoms with van der Waals surface area (Å²) in [5.74, 6) is -0.453. The number of rotatable bonds is 5. The van der Waals surface area contributed by atoms with Gasteiger partial charge in [-0.05, 0) is 50.2 Å². The fourth-order valence-corrected chi connectivity index (χ4v) is 5.14. The van der Waals surface area contributed by atoms with Gasteiger partial charge in [-0.2, -0.15) is 0 Å². The maximum absolute atomic E-state index is 12.8. The van der Waals surface area contributed by atoms with E-state index in [9.17, 15) is 13.2 Å². The molecule has 1 aromatic heterocycles. The van der Waals surface area contributed by atoms with Gasteiger partial charge in [0.2, 0.25) is 5.91 Å². The molecule has 0 atom stereocenters. The van der Waals surface area contributed by atoms with Gasteiger partial charge in [-0.15, -0.1) is 12.4 Å². The van der Waals surface area contributed by atoms with Crippen LogP contribution in [0, 0.1) is 0 Å². The average molecular weight is 431 g/mol. The van der Waals surface area contributed by atoms with Gasteiger partial charge in [-0.1, -0.05) is 11.8 Å². The number of nitrogens with one attached hydrogen (secondary N) is 2. The first kappa shape index (κ1) is 21.7. The molecule has 2 N–H and O–H groups in total. The number of carbonyl (C=O) groups excluding carboxylic acids is 1. The number of aromatic nitrogens is 2. The molecule has 148 valence electrons. The van der Waals surface area contributed by atoms with Crippen LogP contribution < -0.4 is 10.6 Å². The number of sulfone groups is 1. The smallest absolute Gasteiger partial charge is 0.245 e. The Bertz CT molecular complexity index is 891. The van der Waals surface area contributed by atoms with Gasteiger partial charge < -0.3 is 15.2 Å². The van der Waals surface area contributed by atoms with Gasteiger partial charge in [-0.25, -0.2) is 13.4 Å². The third-order valence-corrected chi connectivity index (χ3v) is 7.73. The van der Waals surface area contributed by atoms with E-state index >= 15 is 0 Å². The van der Waals surface area contributed by atoms with E-state index in [1.54, 1.807) is 18.3 Å². The second-order valence-corrected chi connectivity index (χ2v) is 9.78. The lowest BCUT2D eigenvalue weighted by Gasteiger charge is -2.34. The van der Waals surface area contributed by atoms with Crippen LogP contribution in [-0.4, -0.2) is 48.0 Å². The SMILES string of the molecule is Cl.Cn1ccnc1Sc1ccc(NC(=O)C2(S(C)(=O)=O)CCNCC2)cc1. The lowest BCUT2D eigenvalue weighted by molar-refractivity contribution is -0.119. The van der Waals surface area contributed by atoms with Crippen molar-refractivity contribution < 1.29 is 13.2 Å². The van der Waals surface area contributed by atoms with Gasteiger partial charge in [0.05, 0.1) is 0 Å². The van der Waals surface area contributed by atoms with Crippen molar-refractivity contribution >= 4 is 45.6 Å². The molecule has 2 aromatic rings. The molecule has 1 fully saturated rings. The highest BCUT2D eigenvalue weighted by molar-refractivity contribution is 7.99. The zero-order valence-electron chi connectivity index (χ0n) is 15.1. The van der Waals surface area contributed by atoms with Crippen LogP contribution in [0.2, 0.25) is 0 Å². The number of anilines is 1. The van der Waals surface area contributed by atoms with E-state index in [2.05, 4.69) is 15.6 Å². The molecule has 1 aliphatic heterocycles. The minimum absolute atomic E-state index is 0. The van der Waals surface area contributed by atoms with Gasteiger partial charge in [0.25, 0.3) is 0 Å². The number of aryl methyl sites for hydroxylation is 1. The monoisotopic (exact) mass is 430 g/mol. The van der Waals surface area contributed by atoms with E-state index < -0.39 is 20.5 Å². The molecule has 0 radical (unpaired) electrons. The zero-order chi connectivity index (χ0) is 18.8. The lowest BCUT2D eigenvalue weighted by Crippen LogP contribution is -2.55. The average Bonchev–Trinajstić information content (AvgIpc) is 3.01. The summed E-state index contributed by atoms with van der Waals surface area (Å²) in [7, 11) is -1.60. The molecule has 0 aliphatic carbocycles. The van der Waals surface area contributed by atoms with Crippen LogP contribution in [0.1, 0.15) is 12.8 Å². The fraction of sp³-hybridized carbons (Fsp3) is 0.412. The van der Waals surface area contributed by atoms with E-state index in [0.29, 0.717) is 18.8 Å². The first-order valence-electron chi connectivity index (χ1n) is 8.29. The number of halogens is 1. The quantitative estimate of drug-likeness (QED) is 0.754. The van der Waals surface area contributed by atoms with Crippen LogP contribution in [0.25, 0.3) is 0 Å². The summed E-state index contributed by atoms with van der Waals surface area (Å²) in [5, 5.41) is 6.76. The number of hydrogen-bond acceptors (Lipinski definition) is 6. The van der Waals surface area contributed by atoms with E-state index in [0.717, 1.165) is 16.3 Å². The molecule has 0 unspecified atom stereocenters. The van der Waals surface area contributed by atoms with Crippen molar-refractivity contribution in [3.05, 3.63) is 36.7 Å². The van der Waals surface area contributed by atoms with E-state index in [4.69, 9.17) is 0 Å². The van der Waals surface area contributed by atoms with Gasteiger partial charge in [0, 0.05) is 36.3 Å². The Hall–Kier alpha value is -1.55. The van der Waals surface area contributed by atoms with Crippen molar-refractivity contribution in [1.29, 1.82) is 0 Å². The minimum Gasteiger partial charge on any atom is -0.329 e. The van der Waals surface area contributed by atoms with Crippen molar-refractivity contribution in [2.45, 2.75) is 27.6 Å². The summed E-state index contributed by atoms with van der Waals surface area (Å²) in [5.41, 5.74) is 0.584. The molecule has 1 aromatic carbocycles. The summed E-state index contributed by atoms with van der Waals surface area (Å²) in [4.78, 5) is 18.0. The summed E-state index contributed by atoms with van der Waals surface area (Å²) >= 11 is 1.52. The standard InChI is InChI=1S/C17H22N4O3S2.ClH/c1-21-12-11-19-16(21)25-14-5-3-13(4-6-14)20-15(22)17(26(2,23)24)7-9-18-10-8-17;/h3-6,11-12,18H,7-10H2,1-2H3,(H,20,22);1H. The number of amides is 1. The molecular weight excluding hydrogens is 408 g/mol. The van der Waals surface area contributed by atoms with Crippen molar-refractivity contribution in [2.75, 3.05) is 24.7 Å². The normalized spacial score (nSPS) is 16.4. The number of benzene rings is 1. The van der Waals surface area contributed by atoms with Crippen LogP contribution in [0.3, 0.4) is 0 Å². The molecule has 27 heavy (non-hydrogen) atoms. The Balaban J connectivity index is 0.00000261. The minimum atomic E-state index is -3.52. The summed E-state index contributed by atoms with van der Waals surface area (Å²) in [6, 6.07) is 7.31. The Labute approximate surface area is 169 Å². The molecule has 0 spiro atoms. The third kappa shape index (κ3) is 4.66. The van der Waals surface area contributed by atoms with Crippen LogP contribution in [0.5, 0.6) is 0 Å². The topological polar surface area (TPSA) is 93.1 Å². The summed E-state index contributed by atoms with van der Waals surface area (Å²) in [6.07, 6.45) is 5.32. The van der Waals surface area contributed by atoms with Crippen LogP contribution in [-0.2, 0) is 21.7 Å². The van der Waals surface area contributed by atoms with Crippen molar-refractivity contribution in [3.63, 3.8) is 0 Å². The van der Waals surface area contributed by atoms with Gasteiger partial charge in [-0.3, -0.25) is 4.79 Å². The first-order chi connectivity index (χ1) is 12.3. The second-order valence-electron chi connectivity index (χ2n) is 6.42. The Morgan fingerprint density at radius 3 is 2.41 bits per heavy atom. The number of hydrogen-bond donors (Lipinski definition) is 2. The molecule has 0 bridgehead atoms. The molecule has 10 heteroatoms. The zero-order valence-corrected chi connectivity index (χ0v) is 17.6. The first-order valence-corrected chi connectivity index (χ1v) is 11.0. The Morgan fingerprint density at radius 1 is 1.26 bits per heavy atom. The van der Waals surface area contributed by atoms with Crippen LogP contribution in [0.4, 0.5) is 5.69 Å². The molecule has 2 heterocycles. The largest absolute Gasteiger partial charge is 0.329 e. The molecule has 1 aliphatic rings. The summed E-state index contributed by atoms with van der Waals surface area (Å²) < 4.78 is 25.2.